The Hall–Kier alpha value is -4.02. The SMILES string of the molecule is C=CCNS(=O)(=O)c1ccc(C(=O)Nc2ccc(OC)c(NC(=O)c3cccc(F)c3)c2)cc1. The third-order valence-electron chi connectivity index (χ3n) is 4.64. The number of hydrogen-bond acceptors (Lipinski definition) is 5. The van der Waals surface area contributed by atoms with Crippen molar-refractivity contribution < 1.29 is 27.1 Å². The van der Waals surface area contributed by atoms with Crippen LogP contribution in [0.15, 0.2) is 84.3 Å². The number of benzene rings is 3. The molecule has 0 unspecified atom stereocenters. The molecule has 0 aliphatic rings. The smallest absolute Gasteiger partial charge is 0.255 e. The van der Waals surface area contributed by atoms with E-state index < -0.39 is 27.7 Å². The molecule has 8 nitrogen and oxygen atoms in total. The summed E-state index contributed by atoms with van der Waals surface area (Å²) in [5, 5.41) is 5.32. The van der Waals surface area contributed by atoms with Crippen LogP contribution in [-0.4, -0.2) is 33.9 Å². The van der Waals surface area contributed by atoms with Gasteiger partial charge in [0.1, 0.15) is 11.6 Å². The topological polar surface area (TPSA) is 114 Å². The average Bonchev–Trinajstić information content (AvgIpc) is 2.83. The van der Waals surface area contributed by atoms with Gasteiger partial charge in [0.2, 0.25) is 10.0 Å². The Morgan fingerprint density at radius 3 is 2.32 bits per heavy atom. The Kier molecular flexibility index (Phi) is 7.77. The minimum atomic E-state index is -3.70. The van der Waals surface area contributed by atoms with Crippen LogP contribution in [0, 0.1) is 5.82 Å². The van der Waals surface area contributed by atoms with Crippen LogP contribution >= 0.6 is 0 Å². The molecule has 0 radical (unpaired) electrons. The molecular formula is C24H22FN3O5S. The van der Waals surface area contributed by atoms with Crippen molar-refractivity contribution in [1.82, 2.24) is 4.72 Å². The summed E-state index contributed by atoms with van der Waals surface area (Å²) < 4.78 is 45.3. The van der Waals surface area contributed by atoms with E-state index in [4.69, 9.17) is 4.74 Å². The van der Waals surface area contributed by atoms with Crippen molar-refractivity contribution in [3.8, 4) is 5.75 Å². The van der Waals surface area contributed by atoms with Crippen molar-refractivity contribution in [2.45, 2.75) is 4.90 Å². The Morgan fingerprint density at radius 1 is 0.971 bits per heavy atom. The summed E-state index contributed by atoms with van der Waals surface area (Å²) in [6.45, 7) is 3.54. The van der Waals surface area contributed by atoms with Gasteiger partial charge in [-0.05, 0) is 60.7 Å². The lowest BCUT2D eigenvalue weighted by atomic mass is 10.2. The molecule has 0 saturated heterocycles. The first kappa shape index (κ1) is 24.6. The predicted molar refractivity (Wildman–Crippen MR) is 127 cm³/mol. The zero-order valence-electron chi connectivity index (χ0n) is 18.2. The molecule has 0 saturated carbocycles. The highest BCUT2D eigenvalue weighted by Gasteiger charge is 2.15. The molecular weight excluding hydrogens is 461 g/mol. The first-order chi connectivity index (χ1) is 16.2. The number of sulfonamides is 1. The Bertz CT molecular complexity index is 1320. The number of anilines is 2. The summed E-state index contributed by atoms with van der Waals surface area (Å²) in [7, 11) is -2.28. The molecule has 0 spiro atoms. The van der Waals surface area contributed by atoms with E-state index in [0.717, 1.165) is 6.07 Å². The number of halogens is 1. The van der Waals surface area contributed by atoms with E-state index in [0.29, 0.717) is 11.4 Å². The fourth-order valence-corrected chi connectivity index (χ4v) is 3.95. The highest BCUT2D eigenvalue weighted by atomic mass is 32.2. The Morgan fingerprint density at radius 2 is 1.68 bits per heavy atom. The lowest BCUT2D eigenvalue weighted by Crippen LogP contribution is -2.23. The van der Waals surface area contributed by atoms with Gasteiger partial charge in [0.25, 0.3) is 11.8 Å². The predicted octanol–water partition coefficient (Wildman–Crippen LogP) is 3.80. The molecule has 34 heavy (non-hydrogen) atoms. The van der Waals surface area contributed by atoms with Crippen molar-refractivity contribution in [2.75, 3.05) is 24.3 Å². The number of methoxy groups -OCH3 is 1. The lowest BCUT2D eigenvalue weighted by Gasteiger charge is -2.13. The maximum atomic E-state index is 13.4. The third-order valence-corrected chi connectivity index (χ3v) is 6.08. The highest BCUT2D eigenvalue weighted by Crippen LogP contribution is 2.28. The summed E-state index contributed by atoms with van der Waals surface area (Å²) in [5.41, 5.74) is 0.965. The maximum Gasteiger partial charge on any atom is 0.255 e. The second-order valence-electron chi connectivity index (χ2n) is 7.00. The number of carbonyl (C=O) groups excluding carboxylic acids is 2. The van der Waals surface area contributed by atoms with Crippen LogP contribution in [0.3, 0.4) is 0 Å². The zero-order chi connectivity index (χ0) is 24.7. The van der Waals surface area contributed by atoms with E-state index in [-0.39, 0.29) is 28.3 Å². The van der Waals surface area contributed by atoms with Crippen LogP contribution in [0.5, 0.6) is 5.75 Å². The summed E-state index contributed by atoms with van der Waals surface area (Å²) in [6, 6.07) is 15.2. The molecule has 3 aromatic carbocycles. The monoisotopic (exact) mass is 483 g/mol. The van der Waals surface area contributed by atoms with Gasteiger partial charge in [-0.2, -0.15) is 0 Å². The summed E-state index contributed by atoms with van der Waals surface area (Å²) >= 11 is 0. The normalized spacial score (nSPS) is 10.9. The first-order valence-electron chi connectivity index (χ1n) is 10.0. The van der Waals surface area contributed by atoms with E-state index in [1.807, 2.05) is 0 Å². The molecule has 0 aromatic heterocycles. The molecule has 0 aliphatic heterocycles. The van der Waals surface area contributed by atoms with Gasteiger partial charge in [-0.3, -0.25) is 9.59 Å². The molecule has 0 bridgehead atoms. The molecule has 3 aromatic rings. The highest BCUT2D eigenvalue weighted by molar-refractivity contribution is 7.89. The van der Waals surface area contributed by atoms with Crippen LogP contribution in [0.4, 0.5) is 15.8 Å². The molecule has 2 amide bonds. The largest absolute Gasteiger partial charge is 0.495 e. The standard InChI is InChI=1S/C24H22FN3O5S/c1-3-13-26-34(31,32)20-10-7-16(8-11-20)23(29)27-19-9-12-22(33-2)21(15-19)28-24(30)17-5-4-6-18(25)14-17/h3-12,14-15,26H,1,13H2,2H3,(H,27,29)(H,28,30). The summed E-state index contributed by atoms with van der Waals surface area (Å²) in [4.78, 5) is 25.1. The van der Waals surface area contributed by atoms with E-state index in [1.165, 1.54) is 61.7 Å². The molecule has 0 fully saturated rings. The van der Waals surface area contributed by atoms with Gasteiger partial charge >= 0.3 is 0 Å². The van der Waals surface area contributed by atoms with Gasteiger partial charge in [-0.1, -0.05) is 12.1 Å². The Labute approximate surface area is 196 Å². The second kappa shape index (κ2) is 10.7. The van der Waals surface area contributed by atoms with Gasteiger partial charge < -0.3 is 15.4 Å². The number of amides is 2. The van der Waals surface area contributed by atoms with Crippen LogP contribution in [0.25, 0.3) is 0 Å². The zero-order valence-corrected chi connectivity index (χ0v) is 19.0. The van der Waals surface area contributed by atoms with E-state index >= 15 is 0 Å². The average molecular weight is 484 g/mol. The van der Waals surface area contributed by atoms with Gasteiger partial charge in [0.05, 0.1) is 17.7 Å². The molecule has 3 N–H and O–H groups in total. The lowest BCUT2D eigenvalue weighted by molar-refractivity contribution is 0.101. The summed E-state index contributed by atoms with van der Waals surface area (Å²) in [6.07, 6.45) is 1.42. The fourth-order valence-electron chi connectivity index (χ4n) is 2.95. The number of rotatable bonds is 9. The van der Waals surface area contributed by atoms with Crippen LogP contribution in [0.2, 0.25) is 0 Å². The van der Waals surface area contributed by atoms with Crippen LogP contribution in [-0.2, 0) is 10.0 Å². The molecule has 176 valence electrons. The van der Waals surface area contributed by atoms with Crippen molar-refractivity contribution in [2.24, 2.45) is 0 Å². The first-order valence-corrected chi connectivity index (χ1v) is 11.5. The molecule has 0 atom stereocenters. The van der Waals surface area contributed by atoms with Crippen molar-refractivity contribution in [3.05, 3.63) is 96.3 Å². The second-order valence-corrected chi connectivity index (χ2v) is 8.77. The van der Waals surface area contributed by atoms with Crippen LogP contribution < -0.4 is 20.1 Å². The number of ether oxygens (including phenoxy) is 1. The van der Waals surface area contributed by atoms with E-state index in [9.17, 15) is 22.4 Å². The van der Waals surface area contributed by atoms with Gasteiger partial charge in [0.15, 0.2) is 0 Å². The quantitative estimate of drug-likeness (QED) is 0.401. The number of hydrogen-bond donors (Lipinski definition) is 3. The van der Waals surface area contributed by atoms with Crippen molar-refractivity contribution in [3.63, 3.8) is 0 Å². The van der Waals surface area contributed by atoms with Gasteiger partial charge in [-0.25, -0.2) is 17.5 Å². The van der Waals surface area contributed by atoms with Gasteiger partial charge in [-0.15, -0.1) is 6.58 Å². The Balaban J connectivity index is 1.76. The third kappa shape index (κ3) is 6.06. The maximum absolute atomic E-state index is 13.4. The summed E-state index contributed by atoms with van der Waals surface area (Å²) in [5.74, 6) is -1.25. The van der Waals surface area contributed by atoms with Gasteiger partial charge in [0, 0.05) is 23.4 Å². The van der Waals surface area contributed by atoms with Crippen molar-refractivity contribution >= 4 is 33.2 Å². The van der Waals surface area contributed by atoms with E-state index in [2.05, 4.69) is 21.9 Å². The minimum Gasteiger partial charge on any atom is -0.495 e. The fraction of sp³-hybridized carbons (Fsp3) is 0.0833. The molecule has 10 heteroatoms. The molecule has 3 rings (SSSR count). The minimum absolute atomic E-state index is 0.0118. The number of nitrogens with one attached hydrogen (secondary N) is 3. The molecule has 0 aliphatic carbocycles. The van der Waals surface area contributed by atoms with Crippen LogP contribution in [0.1, 0.15) is 20.7 Å². The van der Waals surface area contributed by atoms with Crippen molar-refractivity contribution in [1.29, 1.82) is 0 Å². The number of carbonyl (C=O) groups is 2. The van der Waals surface area contributed by atoms with E-state index in [1.54, 1.807) is 12.1 Å². The molecule has 0 heterocycles.